The lowest BCUT2D eigenvalue weighted by atomic mass is 10.1. The van der Waals surface area contributed by atoms with E-state index in [4.69, 9.17) is 9.72 Å². The molecule has 7 nitrogen and oxygen atoms in total. The van der Waals surface area contributed by atoms with Gasteiger partial charge in [-0.15, -0.1) is 0 Å². The monoisotopic (exact) mass is 383 g/mol. The highest BCUT2D eigenvalue weighted by atomic mass is 16.6. The topological polar surface area (TPSA) is 70.6 Å². The van der Waals surface area contributed by atoms with Gasteiger partial charge in [0.2, 0.25) is 5.95 Å². The Hall–Kier alpha value is -2.83. The summed E-state index contributed by atoms with van der Waals surface area (Å²) in [6, 6.07) is 12.4. The third-order valence-corrected chi connectivity index (χ3v) is 4.84. The number of amides is 1. The van der Waals surface area contributed by atoms with Crippen LogP contribution >= 0.6 is 0 Å². The highest BCUT2D eigenvalue weighted by Crippen LogP contribution is 2.24. The summed E-state index contributed by atoms with van der Waals surface area (Å²) in [5, 5.41) is 3.53. The molecule has 1 N–H and O–H groups in total. The Labute approximate surface area is 166 Å². The van der Waals surface area contributed by atoms with Gasteiger partial charge in [-0.3, -0.25) is 0 Å². The Balaban J connectivity index is 1.68. The summed E-state index contributed by atoms with van der Waals surface area (Å²) in [4.78, 5) is 25.1. The van der Waals surface area contributed by atoms with Gasteiger partial charge < -0.3 is 19.9 Å². The maximum absolute atomic E-state index is 11.9. The van der Waals surface area contributed by atoms with Crippen molar-refractivity contribution in [2.24, 2.45) is 0 Å². The number of ether oxygens (including phenoxy) is 1. The van der Waals surface area contributed by atoms with E-state index in [2.05, 4.69) is 34.3 Å². The summed E-state index contributed by atoms with van der Waals surface area (Å²) < 4.78 is 5.09. The number of carbonyl (C=O) groups is 1. The maximum Gasteiger partial charge on any atom is 0.409 e. The van der Waals surface area contributed by atoms with E-state index in [9.17, 15) is 4.79 Å². The first kappa shape index (κ1) is 19.9. The molecule has 0 radical (unpaired) electrons. The first-order chi connectivity index (χ1) is 13.6. The lowest BCUT2D eigenvalue weighted by molar-refractivity contribution is 0.0983. The number of nitrogens with one attached hydrogen (secondary N) is 1. The fourth-order valence-electron chi connectivity index (χ4n) is 3.43. The van der Waals surface area contributed by atoms with Crippen molar-refractivity contribution in [2.45, 2.75) is 39.7 Å². The molecule has 1 aromatic heterocycles. The SMILES string of the molecule is CCOC(=O)N1CCC(Nc2cc(C)nc(N(CC)c3ccccc3)n2)CC1. The predicted octanol–water partition coefficient (Wildman–Crippen LogP) is 3.98. The first-order valence-corrected chi connectivity index (χ1v) is 9.97. The number of hydrogen-bond acceptors (Lipinski definition) is 6. The van der Waals surface area contributed by atoms with E-state index in [1.165, 1.54) is 0 Å². The van der Waals surface area contributed by atoms with Gasteiger partial charge in [0.1, 0.15) is 5.82 Å². The number of rotatable bonds is 6. The van der Waals surface area contributed by atoms with Crippen LogP contribution in [-0.4, -0.2) is 53.2 Å². The molecule has 3 rings (SSSR count). The van der Waals surface area contributed by atoms with Crippen LogP contribution in [0.4, 0.5) is 22.2 Å². The standard InChI is InChI=1S/C21H29N5O2/c1-4-26(18-9-7-6-8-10-18)20-22-16(3)15-19(24-20)23-17-11-13-25(14-12-17)21(27)28-5-2/h6-10,15,17H,4-5,11-14H2,1-3H3,(H,22,23,24). The molecule has 0 bridgehead atoms. The van der Waals surface area contributed by atoms with Crippen LogP contribution in [0, 0.1) is 6.92 Å². The fourth-order valence-corrected chi connectivity index (χ4v) is 3.43. The number of para-hydroxylation sites is 1. The molecule has 2 heterocycles. The number of aryl methyl sites for hydroxylation is 1. The van der Waals surface area contributed by atoms with Crippen LogP contribution in [0.3, 0.4) is 0 Å². The van der Waals surface area contributed by atoms with Gasteiger partial charge in [-0.05, 0) is 45.7 Å². The van der Waals surface area contributed by atoms with Crippen molar-refractivity contribution in [1.82, 2.24) is 14.9 Å². The molecule has 1 aliphatic rings. The molecule has 0 unspecified atom stereocenters. The van der Waals surface area contributed by atoms with Crippen molar-refractivity contribution in [3.63, 3.8) is 0 Å². The molecule has 1 aromatic carbocycles. The number of nitrogens with zero attached hydrogens (tertiary/aromatic N) is 4. The minimum Gasteiger partial charge on any atom is -0.450 e. The number of anilines is 3. The van der Waals surface area contributed by atoms with Crippen molar-refractivity contribution in [1.29, 1.82) is 0 Å². The van der Waals surface area contributed by atoms with E-state index in [1.807, 2.05) is 38.1 Å². The molecular formula is C21H29N5O2. The van der Waals surface area contributed by atoms with Crippen LogP contribution < -0.4 is 10.2 Å². The molecule has 1 amide bonds. The number of aromatic nitrogens is 2. The number of carbonyl (C=O) groups excluding carboxylic acids is 1. The summed E-state index contributed by atoms with van der Waals surface area (Å²) in [5.74, 6) is 1.52. The number of likely N-dealkylation sites (tertiary alicyclic amines) is 1. The second-order valence-corrected chi connectivity index (χ2v) is 6.88. The summed E-state index contributed by atoms with van der Waals surface area (Å²) in [7, 11) is 0. The van der Waals surface area contributed by atoms with Crippen molar-refractivity contribution in [2.75, 3.05) is 36.5 Å². The fraction of sp³-hybridized carbons (Fsp3) is 0.476. The molecule has 1 fully saturated rings. The molecule has 0 spiro atoms. The second kappa shape index (κ2) is 9.39. The summed E-state index contributed by atoms with van der Waals surface area (Å²) in [6.45, 7) is 8.49. The highest BCUT2D eigenvalue weighted by molar-refractivity contribution is 5.67. The zero-order valence-electron chi connectivity index (χ0n) is 16.9. The quantitative estimate of drug-likeness (QED) is 0.814. The van der Waals surface area contributed by atoms with Gasteiger partial charge in [-0.1, -0.05) is 18.2 Å². The highest BCUT2D eigenvalue weighted by Gasteiger charge is 2.24. The molecule has 0 saturated carbocycles. The van der Waals surface area contributed by atoms with E-state index in [0.717, 1.165) is 36.6 Å². The smallest absolute Gasteiger partial charge is 0.409 e. The molecule has 2 aromatic rings. The van der Waals surface area contributed by atoms with E-state index < -0.39 is 0 Å². The largest absolute Gasteiger partial charge is 0.450 e. The van der Waals surface area contributed by atoms with Crippen LogP contribution in [0.25, 0.3) is 0 Å². The van der Waals surface area contributed by atoms with Gasteiger partial charge in [0.15, 0.2) is 0 Å². The van der Waals surface area contributed by atoms with E-state index in [0.29, 0.717) is 25.6 Å². The zero-order chi connectivity index (χ0) is 19.9. The Morgan fingerprint density at radius 2 is 1.93 bits per heavy atom. The van der Waals surface area contributed by atoms with Crippen LogP contribution in [0.5, 0.6) is 0 Å². The van der Waals surface area contributed by atoms with Gasteiger partial charge >= 0.3 is 6.09 Å². The number of hydrogen-bond donors (Lipinski definition) is 1. The molecule has 150 valence electrons. The minimum atomic E-state index is -0.220. The van der Waals surface area contributed by atoms with Crippen molar-refractivity contribution in [3.8, 4) is 0 Å². The van der Waals surface area contributed by atoms with E-state index in [-0.39, 0.29) is 12.1 Å². The molecule has 0 atom stereocenters. The lowest BCUT2D eigenvalue weighted by Gasteiger charge is -2.32. The van der Waals surface area contributed by atoms with Gasteiger partial charge in [0, 0.05) is 43.1 Å². The average Bonchev–Trinajstić information content (AvgIpc) is 2.70. The van der Waals surface area contributed by atoms with Crippen molar-refractivity contribution >= 4 is 23.5 Å². The van der Waals surface area contributed by atoms with Crippen molar-refractivity contribution < 1.29 is 9.53 Å². The van der Waals surface area contributed by atoms with Gasteiger partial charge in [0.25, 0.3) is 0 Å². The summed E-state index contributed by atoms with van der Waals surface area (Å²) in [6.07, 6.45) is 1.52. The number of benzene rings is 1. The Morgan fingerprint density at radius 3 is 2.57 bits per heavy atom. The van der Waals surface area contributed by atoms with Crippen molar-refractivity contribution in [3.05, 3.63) is 42.1 Å². The third-order valence-electron chi connectivity index (χ3n) is 4.84. The van der Waals surface area contributed by atoms with Crippen LogP contribution in [0.15, 0.2) is 36.4 Å². The average molecular weight is 383 g/mol. The van der Waals surface area contributed by atoms with Gasteiger partial charge in [0.05, 0.1) is 6.61 Å². The van der Waals surface area contributed by atoms with E-state index >= 15 is 0 Å². The van der Waals surface area contributed by atoms with Crippen LogP contribution in [0.1, 0.15) is 32.4 Å². The maximum atomic E-state index is 11.9. The minimum absolute atomic E-state index is 0.220. The first-order valence-electron chi connectivity index (χ1n) is 9.97. The molecule has 1 saturated heterocycles. The Bertz CT molecular complexity index is 776. The van der Waals surface area contributed by atoms with Gasteiger partial charge in [-0.2, -0.15) is 4.98 Å². The van der Waals surface area contributed by atoms with Crippen LogP contribution in [-0.2, 0) is 4.74 Å². The summed E-state index contributed by atoms with van der Waals surface area (Å²) in [5.41, 5.74) is 2.00. The molecular weight excluding hydrogens is 354 g/mol. The Morgan fingerprint density at radius 1 is 1.21 bits per heavy atom. The predicted molar refractivity (Wildman–Crippen MR) is 111 cm³/mol. The summed E-state index contributed by atoms with van der Waals surface area (Å²) >= 11 is 0. The molecule has 0 aliphatic carbocycles. The second-order valence-electron chi connectivity index (χ2n) is 6.88. The zero-order valence-corrected chi connectivity index (χ0v) is 16.9. The lowest BCUT2D eigenvalue weighted by Crippen LogP contribution is -2.42. The molecule has 7 heteroatoms. The third kappa shape index (κ3) is 4.91. The molecule has 28 heavy (non-hydrogen) atoms. The van der Waals surface area contributed by atoms with Crippen LogP contribution in [0.2, 0.25) is 0 Å². The molecule has 1 aliphatic heterocycles. The normalized spacial score (nSPS) is 14.6. The van der Waals surface area contributed by atoms with E-state index in [1.54, 1.807) is 4.90 Å². The Kier molecular flexibility index (Phi) is 6.68. The number of piperidine rings is 1. The van der Waals surface area contributed by atoms with Gasteiger partial charge in [-0.25, -0.2) is 9.78 Å².